The van der Waals surface area contributed by atoms with Crippen LogP contribution in [-0.2, 0) is 4.79 Å². The number of nitrogens with zero attached hydrogens (tertiary/aromatic N) is 1. The van der Waals surface area contributed by atoms with Crippen molar-refractivity contribution < 1.29 is 14.5 Å². The normalized spacial score (nSPS) is 11.9. The molecular weight excluding hydrogens is 301 g/mol. The van der Waals surface area contributed by atoms with E-state index in [9.17, 15) is 4.79 Å². The smallest absolute Gasteiger partial charge is 0.267 e. The van der Waals surface area contributed by atoms with Gasteiger partial charge in [0, 0.05) is 30.7 Å². The van der Waals surface area contributed by atoms with Crippen molar-refractivity contribution >= 4 is 26.0 Å². The number of rotatable bonds is 6. The number of benzene rings is 1. The van der Waals surface area contributed by atoms with Crippen LogP contribution in [0.25, 0.3) is 6.08 Å². The van der Waals surface area contributed by atoms with Gasteiger partial charge >= 0.3 is 0 Å². The SMILES string of the molecule is CP(Nc1ccc(/C=C/C(=O)NO)cc1)Oc1ccccn1. The first-order chi connectivity index (χ1) is 10.7. The molecule has 0 aliphatic heterocycles. The van der Waals surface area contributed by atoms with Crippen LogP contribution in [0.2, 0.25) is 0 Å². The third-order valence-electron chi connectivity index (χ3n) is 2.60. The second-order valence-corrected chi connectivity index (χ2v) is 5.70. The maximum absolute atomic E-state index is 10.9. The largest absolute Gasteiger partial charge is 0.436 e. The third kappa shape index (κ3) is 5.16. The Labute approximate surface area is 129 Å². The number of hydroxylamine groups is 1. The Bertz CT molecular complexity index is 632. The van der Waals surface area contributed by atoms with Gasteiger partial charge in [0.25, 0.3) is 5.91 Å². The van der Waals surface area contributed by atoms with Gasteiger partial charge in [-0.2, -0.15) is 0 Å². The molecule has 0 aliphatic rings. The Hall–Kier alpha value is -2.43. The van der Waals surface area contributed by atoms with Crippen molar-refractivity contribution in [3.05, 3.63) is 60.3 Å². The lowest BCUT2D eigenvalue weighted by Gasteiger charge is -2.15. The highest BCUT2D eigenvalue weighted by molar-refractivity contribution is 7.53. The Morgan fingerprint density at radius 1 is 1.27 bits per heavy atom. The van der Waals surface area contributed by atoms with Crippen molar-refractivity contribution in [3.8, 4) is 5.88 Å². The predicted molar refractivity (Wildman–Crippen MR) is 86.7 cm³/mol. The van der Waals surface area contributed by atoms with E-state index in [1.165, 1.54) is 11.6 Å². The molecule has 6 nitrogen and oxygen atoms in total. The highest BCUT2D eigenvalue weighted by Crippen LogP contribution is 2.33. The number of nitrogens with one attached hydrogen (secondary N) is 2. The van der Waals surface area contributed by atoms with Crippen LogP contribution >= 0.6 is 8.30 Å². The number of hydrogen-bond acceptors (Lipinski definition) is 5. The summed E-state index contributed by atoms with van der Waals surface area (Å²) in [6.07, 6.45) is 4.54. The molecule has 0 aliphatic carbocycles. The van der Waals surface area contributed by atoms with Crippen LogP contribution in [0.15, 0.2) is 54.7 Å². The summed E-state index contributed by atoms with van der Waals surface area (Å²) in [5.41, 5.74) is 3.30. The molecule has 22 heavy (non-hydrogen) atoms. The van der Waals surface area contributed by atoms with E-state index in [1.54, 1.807) is 18.3 Å². The van der Waals surface area contributed by atoms with Crippen molar-refractivity contribution in [2.45, 2.75) is 0 Å². The van der Waals surface area contributed by atoms with Crippen LogP contribution in [-0.4, -0.2) is 22.8 Å². The number of amides is 1. The van der Waals surface area contributed by atoms with Gasteiger partial charge in [-0.25, -0.2) is 10.5 Å². The summed E-state index contributed by atoms with van der Waals surface area (Å²) >= 11 is 0. The maximum Gasteiger partial charge on any atom is 0.267 e. The molecule has 0 saturated heterocycles. The lowest BCUT2D eigenvalue weighted by Crippen LogP contribution is -2.14. The number of aromatic nitrogens is 1. The topological polar surface area (TPSA) is 83.5 Å². The third-order valence-corrected chi connectivity index (χ3v) is 3.64. The van der Waals surface area contributed by atoms with E-state index in [0.29, 0.717) is 5.88 Å². The van der Waals surface area contributed by atoms with Crippen molar-refractivity contribution in [1.29, 1.82) is 0 Å². The molecule has 114 valence electrons. The summed E-state index contributed by atoms with van der Waals surface area (Å²) in [4.78, 5) is 15.0. The van der Waals surface area contributed by atoms with E-state index in [0.717, 1.165) is 11.3 Å². The first kappa shape index (κ1) is 15.9. The molecule has 1 unspecified atom stereocenters. The Kier molecular flexibility index (Phi) is 5.89. The van der Waals surface area contributed by atoms with Crippen LogP contribution < -0.4 is 15.1 Å². The summed E-state index contributed by atoms with van der Waals surface area (Å²) in [5, 5.41) is 11.7. The van der Waals surface area contributed by atoms with Crippen molar-refractivity contribution in [2.24, 2.45) is 0 Å². The predicted octanol–water partition coefficient (Wildman–Crippen LogP) is 3.03. The Morgan fingerprint density at radius 2 is 2.05 bits per heavy atom. The van der Waals surface area contributed by atoms with Gasteiger partial charge in [0.15, 0.2) is 8.30 Å². The van der Waals surface area contributed by atoms with Gasteiger partial charge in [-0.1, -0.05) is 18.2 Å². The second kappa shape index (κ2) is 8.12. The first-order valence-electron chi connectivity index (χ1n) is 6.49. The van der Waals surface area contributed by atoms with E-state index in [4.69, 9.17) is 9.73 Å². The van der Waals surface area contributed by atoms with Crippen molar-refractivity contribution in [3.63, 3.8) is 0 Å². The minimum Gasteiger partial charge on any atom is -0.436 e. The molecule has 1 heterocycles. The summed E-state index contributed by atoms with van der Waals surface area (Å²) in [6, 6.07) is 13.0. The second-order valence-electron chi connectivity index (χ2n) is 4.30. The van der Waals surface area contributed by atoms with E-state index in [-0.39, 0.29) is 0 Å². The molecule has 1 atom stereocenters. The number of hydrogen-bond donors (Lipinski definition) is 3. The standard InChI is InChI=1S/C15H16N3O3P/c1-22(21-15-4-2-3-11-16-15)18-13-8-5-12(6-9-13)7-10-14(19)17-20/h2-11,18,20H,1H3,(H,17,19)/b10-7+. The molecule has 0 bridgehead atoms. The average Bonchev–Trinajstić information content (AvgIpc) is 2.54. The van der Waals surface area contributed by atoms with Crippen LogP contribution in [0.5, 0.6) is 5.88 Å². The zero-order valence-electron chi connectivity index (χ0n) is 11.9. The molecule has 0 spiro atoms. The fourth-order valence-corrected chi connectivity index (χ4v) is 2.57. The molecule has 0 radical (unpaired) electrons. The van der Waals surface area contributed by atoms with Crippen LogP contribution in [0.1, 0.15) is 5.56 Å². The summed E-state index contributed by atoms with van der Waals surface area (Å²) < 4.78 is 5.69. The number of anilines is 1. The van der Waals surface area contributed by atoms with Gasteiger partial charge in [0.2, 0.25) is 5.88 Å². The Balaban J connectivity index is 1.90. The van der Waals surface area contributed by atoms with Gasteiger partial charge in [-0.05, 0) is 29.8 Å². The minimum atomic E-state index is -0.891. The van der Waals surface area contributed by atoms with Crippen LogP contribution in [0.3, 0.4) is 0 Å². The fraction of sp³-hybridized carbons (Fsp3) is 0.0667. The molecule has 0 fully saturated rings. The van der Waals surface area contributed by atoms with Gasteiger partial charge in [0.1, 0.15) is 0 Å². The molecule has 1 aromatic heterocycles. The molecular formula is C15H16N3O3P. The van der Waals surface area contributed by atoms with Gasteiger partial charge in [-0.3, -0.25) is 10.0 Å². The van der Waals surface area contributed by atoms with Crippen LogP contribution in [0.4, 0.5) is 5.69 Å². The van der Waals surface area contributed by atoms with Crippen molar-refractivity contribution in [1.82, 2.24) is 10.5 Å². The molecule has 3 N–H and O–H groups in total. The van der Waals surface area contributed by atoms with Gasteiger partial charge < -0.3 is 9.61 Å². The molecule has 2 rings (SSSR count). The van der Waals surface area contributed by atoms with E-state index < -0.39 is 14.2 Å². The molecule has 2 aromatic rings. The van der Waals surface area contributed by atoms with Crippen LogP contribution in [0, 0.1) is 0 Å². The monoisotopic (exact) mass is 317 g/mol. The summed E-state index contributed by atoms with van der Waals surface area (Å²) in [7, 11) is -0.891. The van der Waals surface area contributed by atoms with E-state index in [2.05, 4.69) is 10.1 Å². The number of carbonyl (C=O) groups excluding carboxylic acids is 1. The number of pyridine rings is 1. The zero-order valence-corrected chi connectivity index (χ0v) is 12.8. The summed E-state index contributed by atoms with van der Waals surface area (Å²) in [6.45, 7) is 1.95. The molecule has 7 heteroatoms. The highest BCUT2D eigenvalue weighted by Gasteiger charge is 2.05. The molecule has 1 amide bonds. The number of carbonyl (C=O) groups is 1. The summed E-state index contributed by atoms with van der Waals surface area (Å²) in [5.74, 6) is 0.0150. The van der Waals surface area contributed by atoms with Gasteiger partial charge in [-0.15, -0.1) is 0 Å². The van der Waals surface area contributed by atoms with Crippen molar-refractivity contribution in [2.75, 3.05) is 11.8 Å². The molecule has 1 aromatic carbocycles. The Morgan fingerprint density at radius 3 is 2.68 bits per heavy atom. The minimum absolute atomic E-state index is 0.567. The quantitative estimate of drug-likeness (QED) is 0.330. The first-order valence-corrected chi connectivity index (χ1v) is 8.19. The lowest BCUT2D eigenvalue weighted by atomic mass is 10.2. The lowest BCUT2D eigenvalue weighted by molar-refractivity contribution is -0.124. The highest BCUT2D eigenvalue weighted by atomic mass is 31.2. The van der Waals surface area contributed by atoms with Gasteiger partial charge in [0.05, 0.1) is 0 Å². The zero-order chi connectivity index (χ0) is 15.8. The fourth-order valence-electron chi connectivity index (χ4n) is 1.62. The molecule has 0 saturated carbocycles. The maximum atomic E-state index is 10.9. The average molecular weight is 317 g/mol. The van der Waals surface area contributed by atoms with E-state index in [1.807, 2.05) is 43.1 Å². The van der Waals surface area contributed by atoms with E-state index >= 15 is 0 Å².